The number of halogens is 2. The normalized spacial score (nSPS) is 14.8. The van der Waals surface area contributed by atoms with Gasteiger partial charge in [-0.2, -0.15) is 0 Å². The fraction of sp³-hybridized carbons (Fsp3) is 0.188. The summed E-state index contributed by atoms with van der Waals surface area (Å²) in [7, 11) is 0. The number of rotatable bonds is 1. The van der Waals surface area contributed by atoms with Crippen molar-refractivity contribution >= 4 is 40.2 Å². The molecule has 1 aliphatic carbocycles. The van der Waals surface area contributed by atoms with E-state index in [4.69, 9.17) is 28.9 Å². The minimum Gasteiger partial charge on any atom is -0.369 e. The first-order valence-corrected chi connectivity index (χ1v) is 7.58. The molecular formula is C16H13Cl2N3. The number of hydrogen-bond acceptors (Lipinski definition) is 2. The summed E-state index contributed by atoms with van der Waals surface area (Å²) >= 11 is 12.2. The van der Waals surface area contributed by atoms with Crippen molar-refractivity contribution in [2.75, 3.05) is 5.73 Å². The molecular weight excluding hydrogens is 305 g/mol. The zero-order valence-corrected chi connectivity index (χ0v) is 12.7. The topological polar surface area (TPSA) is 43.8 Å². The van der Waals surface area contributed by atoms with Gasteiger partial charge in [0.15, 0.2) is 0 Å². The Labute approximate surface area is 132 Å². The third kappa shape index (κ3) is 2.00. The van der Waals surface area contributed by atoms with Crippen LogP contribution >= 0.6 is 23.2 Å². The van der Waals surface area contributed by atoms with Crippen LogP contribution in [0, 0.1) is 0 Å². The molecule has 0 aliphatic heterocycles. The van der Waals surface area contributed by atoms with Crippen LogP contribution in [0.25, 0.3) is 11.0 Å². The van der Waals surface area contributed by atoms with Gasteiger partial charge in [0.05, 0.1) is 21.1 Å². The summed E-state index contributed by atoms with van der Waals surface area (Å²) < 4.78 is 2.08. The van der Waals surface area contributed by atoms with Gasteiger partial charge in [0.2, 0.25) is 5.95 Å². The number of nitrogens with two attached hydrogens (primary N) is 1. The van der Waals surface area contributed by atoms with Gasteiger partial charge in [0, 0.05) is 6.04 Å². The summed E-state index contributed by atoms with van der Waals surface area (Å²) in [5.41, 5.74) is 10.6. The fourth-order valence-corrected chi connectivity index (χ4v) is 3.53. The molecule has 2 aromatic carbocycles. The predicted octanol–water partition coefficient (Wildman–Crippen LogP) is 4.27. The van der Waals surface area contributed by atoms with Crippen LogP contribution in [-0.4, -0.2) is 9.55 Å². The van der Waals surface area contributed by atoms with E-state index in [1.54, 1.807) is 6.07 Å². The second-order valence-electron chi connectivity index (χ2n) is 5.43. The van der Waals surface area contributed by atoms with Crippen LogP contribution in [-0.2, 0) is 12.8 Å². The standard InChI is InChI=1S/C16H13Cl2N3/c17-12-7-14-15(8-13(12)18)21(16(19)20-14)11-5-9-3-1-2-4-10(9)6-11/h1-4,7-8,11H,5-6H2,(H2,19,20). The summed E-state index contributed by atoms with van der Waals surface area (Å²) in [6, 6.07) is 12.4. The van der Waals surface area contributed by atoms with Gasteiger partial charge >= 0.3 is 0 Å². The maximum absolute atomic E-state index is 6.15. The summed E-state index contributed by atoms with van der Waals surface area (Å²) in [5, 5.41) is 1.03. The van der Waals surface area contributed by atoms with Crippen LogP contribution in [0.5, 0.6) is 0 Å². The van der Waals surface area contributed by atoms with Crippen LogP contribution < -0.4 is 5.73 Å². The molecule has 0 unspecified atom stereocenters. The first-order valence-electron chi connectivity index (χ1n) is 6.82. The Hall–Kier alpha value is -1.71. The zero-order chi connectivity index (χ0) is 14.6. The lowest BCUT2D eigenvalue weighted by molar-refractivity contribution is 0.550. The van der Waals surface area contributed by atoms with Crippen LogP contribution in [0.15, 0.2) is 36.4 Å². The molecule has 0 amide bonds. The fourth-order valence-electron chi connectivity index (χ4n) is 3.21. The molecule has 1 heterocycles. The Morgan fingerprint density at radius 3 is 2.33 bits per heavy atom. The molecule has 0 fully saturated rings. The third-order valence-corrected chi connectivity index (χ3v) is 4.88. The van der Waals surface area contributed by atoms with E-state index in [0.717, 1.165) is 23.9 Å². The van der Waals surface area contributed by atoms with Gasteiger partial charge in [0.1, 0.15) is 0 Å². The lowest BCUT2D eigenvalue weighted by Crippen LogP contribution is -2.12. The Bertz CT molecular complexity index is 829. The van der Waals surface area contributed by atoms with E-state index in [1.165, 1.54) is 11.1 Å². The third-order valence-electron chi connectivity index (χ3n) is 4.15. The molecule has 3 nitrogen and oxygen atoms in total. The van der Waals surface area contributed by atoms with Crippen molar-refractivity contribution in [2.24, 2.45) is 0 Å². The summed E-state index contributed by atoms with van der Waals surface area (Å²) in [6.45, 7) is 0. The molecule has 1 aliphatic rings. The monoisotopic (exact) mass is 317 g/mol. The van der Waals surface area contributed by atoms with Gasteiger partial charge in [-0.15, -0.1) is 0 Å². The van der Waals surface area contributed by atoms with Crippen molar-refractivity contribution in [1.29, 1.82) is 0 Å². The van der Waals surface area contributed by atoms with Crippen LogP contribution in [0.2, 0.25) is 10.0 Å². The highest BCUT2D eigenvalue weighted by Crippen LogP contribution is 2.36. The molecule has 0 spiro atoms. The molecule has 5 heteroatoms. The molecule has 0 atom stereocenters. The van der Waals surface area contributed by atoms with Crippen molar-refractivity contribution < 1.29 is 0 Å². The van der Waals surface area contributed by atoms with E-state index >= 15 is 0 Å². The number of anilines is 1. The van der Waals surface area contributed by atoms with E-state index in [1.807, 2.05) is 6.07 Å². The van der Waals surface area contributed by atoms with Gasteiger partial charge < -0.3 is 10.3 Å². The van der Waals surface area contributed by atoms with E-state index in [9.17, 15) is 0 Å². The van der Waals surface area contributed by atoms with Crippen molar-refractivity contribution in [2.45, 2.75) is 18.9 Å². The number of nitrogens with zero attached hydrogens (tertiary/aromatic N) is 2. The lowest BCUT2D eigenvalue weighted by atomic mass is 10.1. The maximum Gasteiger partial charge on any atom is 0.201 e. The molecule has 106 valence electrons. The molecule has 0 radical (unpaired) electrons. The first-order chi connectivity index (χ1) is 10.1. The second-order valence-corrected chi connectivity index (χ2v) is 6.24. The number of imidazole rings is 1. The Morgan fingerprint density at radius 1 is 1.05 bits per heavy atom. The van der Waals surface area contributed by atoms with E-state index in [-0.39, 0.29) is 6.04 Å². The predicted molar refractivity (Wildman–Crippen MR) is 87.1 cm³/mol. The molecule has 0 saturated heterocycles. The summed E-state index contributed by atoms with van der Waals surface area (Å²) in [6.07, 6.45) is 1.93. The lowest BCUT2D eigenvalue weighted by Gasteiger charge is -2.14. The van der Waals surface area contributed by atoms with Gasteiger partial charge in [-0.3, -0.25) is 0 Å². The molecule has 0 saturated carbocycles. The van der Waals surface area contributed by atoms with Gasteiger partial charge in [-0.05, 0) is 36.1 Å². The van der Waals surface area contributed by atoms with Crippen molar-refractivity contribution in [3.05, 3.63) is 57.6 Å². The minimum absolute atomic E-state index is 0.282. The first kappa shape index (κ1) is 13.0. The molecule has 21 heavy (non-hydrogen) atoms. The molecule has 2 N–H and O–H groups in total. The summed E-state index contributed by atoms with van der Waals surface area (Å²) in [5.74, 6) is 0.515. The smallest absolute Gasteiger partial charge is 0.201 e. The van der Waals surface area contributed by atoms with Gasteiger partial charge in [-0.25, -0.2) is 4.98 Å². The maximum atomic E-state index is 6.15. The van der Waals surface area contributed by atoms with Crippen molar-refractivity contribution in [3.63, 3.8) is 0 Å². The van der Waals surface area contributed by atoms with E-state index in [2.05, 4.69) is 33.8 Å². The Kier molecular flexibility index (Phi) is 2.88. The highest BCUT2D eigenvalue weighted by molar-refractivity contribution is 6.42. The molecule has 1 aromatic heterocycles. The van der Waals surface area contributed by atoms with E-state index < -0.39 is 0 Å². The number of benzene rings is 2. The summed E-state index contributed by atoms with van der Waals surface area (Å²) in [4.78, 5) is 4.42. The Balaban J connectivity index is 1.85. The molecule has 4 rings (SSSR count). The number of aromatic nitrogens is 2. The average molecular weight is 318 g/mol. The molecule has 3 aromatic rings. The van der Waals surface area contributed by atoms with Crippen molar-refractivity contribution in [1.82, 2.24) is 9.55 Å². The number of nitrogen functional groups attached to an aromatic ring is 1. The quantitative estimate of drug-likeness (QED) is 0.728. The van der Waals surface area contributed by atoms with E-state index in [0.29, 0.717) is 16.0 Å². The highest BCUT2D eigenvalue weighted by atomic mass is 35.5. The largest absolute Gasteiger partial charge is 0.369 e. The van der Waals surface area contributed by atoms with Gasteiger partial charge in [0.25, 0.3) is 0 Å². The Morgan fingerprint density at radius 2 is 1.67 bits per heavy atom. The van der Waals surface area contributed by atoms with Crippen LogP contribution in [0.1, 0.15) is 17.2 Å². The van der Waals surface area contributed by atoms with Crippen LogP contribution in [0.3, 0.4) is 0 Å². The second kappa shape index (κ2) is 4.65. The minimum atomic E-state index is 0.282. The van der Waals surface area contributed by atoms with Crippen LogP contribution in [0.4, 0.5) is 5.95 Å². The number of hydrogen-bond donors (Lipinski definition) is 1. The van der Waals surface area contributed by atoms with Crippen molar-refractivity contribution in [3.8, 4) is 0 Å². The van der Waals surface area contributed by atoms with Gasteiger partial charge in [-0.1, -0.05) is 47.5 Å². The molecule has 0 bridgehead atoms. The highest BCUT2D eigenvalue weighted by Gasteiger charge is 2.26. The number of fused-ring (bicyclic) bond motifs is 2. The SMILES string of the molecule is Nc1nc2cc(Cl)c(Cl)cc2n1C1Cc2ccccc2C1. The average Bonchev–Trinajstić information content (AvgIpc) is 2.99. The zero-order valence-electron chi connectivity index (χ0n) is 11.2.